The number of hydrogen-bond acceptors (Lipinski definition) is 4. The molecule has 164 valence electrons. The first-order chi connectivity index (χ1) is 15.6. The number of carbonyl (C=O) groups is 1. The second-order valence-corrected chi connectivity index (χ2v) is 8.81. The third kappa shape index (κ3) is 5.77. The van der Waals surface area contributed by atoms with Crippen LogP contribution in [0, 0.1) is 6.92 Å². The fourth-order valence-electron chi connectivity index (χ4n) is 3.62. The number of nitrogens with one attached hydrogen (secondary N) is 1. The summed E-state index contributed by atoms with van der Waals surface area (Å²) >= 11 is 3.48. The van der Waals surface area contributed by atoms with E-state index in [1.807, 2.05) is 42.5 Å². The summed E-state index contributed by atoms with van der Waals surface area (Å²) in [6.45, 7) is 4.68. The molecule has 1 amide bonds. The zero-order chi connectivity index (χ0) is 22.3. The Morgan fingerprint density at radius 2 is 1.78 bits per heavy atom. The molecule has 0 bridgehead atoms. The van der Waals surface area contributed by atoms with Gasteiger partial charge in [0.1, 0.15) is 12.4 Å². The van der Waals surface area contributed by atoms with Gasteiger partial charge in [-0.25, -0.2) is 5.43 Å². The average molecular weight is 492 g/mol. The second-order valence-electron chi connectivity index (χ2n) is 7.90. The van der Waals surface area contributed by atoms with E-state index in [0.717, 1.165) is 34.4 Å². The van der Waals surface area contributed by atoms with Crippen LogP contribution in [0.2, 0.25) is 0 Å². The Labute approximate surface area is 197 Å². The number of nitrogens with zero attached hydrogens (tertiary/aromatic N) is 2. The van der Waals surface area contributed by atoms with E-state index in [-0.39, 0.29) is 5.91 Å². The molecule has 1 fully saturated rings. The van der Waals surface area contributed by atoms with Gasteiger partial charge in [-0.15, -0.1) is 0 Å². The van der Waals surface area contributed by atoms with Gasteiger partial charge in [0.15, 0.2) is 0 Å². The van der Waals surface area contributed by atoms with E-state index in [2.05, 4.69) is 62.5 Å². The van der Waals surface area contributed by atoms with Gasteiger partial charge >= 0.3 is 0 Å². The van der Waals surface area contributed by atoms with Crippen molar-refractivity contribution in [2.75, 3.05) is 18.0 Å². The number of amides is 1. The van der Waals surface area contributed by atoms with Crippen LogP contribution in [0.4, 0.5) is 5.69 Å². The highest BCUT2D eigenvalue weighted by atomic mass is 79.9. The lowest BCUT2D eigenvalue weighted by Gasteiger charge is -2.17. The second kappa shape index (κ2) is 10.5. The summed E-state index contributed by atoms with van der Waals surface area (Å²) in [6.07, 6.45) is 4.05. The molecule has 1 N–H and O–H groups in total. The van der Waals surface area contributed by atoms with E-state index in [9.17, 15) is 4.79 Å². The van der Waals surface area contributed by atoms with Gasteiger partial charge in [0.2, 0.25) is 0 Å². The minimum Gasteiger partial charge on any atom is -0.488 e. The van der Waals surface area contributed by atoms with Crippen molar-refractivity contribution in [3.63, 3.8) is 0 Å². The third-order valence-electron chi connectivity index (χ3n) is 5.46. The molecule has 1 heterocycles. The van der Waals surface area contributed by atoms with E-state index in [1.165, 1.54) is 18.4 Å². The van der Waals surface area contributed by atoms with E-state index < -0.39 is 0 Å². The topological polar surface area (TPSA) is 53.9 Å². The monoisotopic (exact) mass is 491 g/mol. The molecule has 3 aromatic rings. The van der Waals surface area contributed by atoms with Gasteiger partial charge in [0, 0.05) is 34.4 Å². The van der Waals surface area contributed by atoms with Crippen LogP contribution in [-0.2, 0) is 6.61 Å². The SMILES string of the molecule is Cc1ccc(COc2ccc(Br)cc2/C=N\NC(=O)c2ccc(N3CCCC3)cc2)cc1. The molecule has 1 aliphatic rings. The number of anilines is 1. The highest BCUT2D eigenvalue weighted by Crippen LogP contribution is 2.23. The minimum atomic E-state index is -0.244. The predicted molar refractivity (Wildman–Crippen MR) is 133 cm³/mol. The Kier molecular flexibility index (Phi) is 7.22. The number of halogens is 1. The third-order valence-corrected chi connectivity index (χ3v) is 5.95. The van der Waals surface area contributed by atoms with Crippen molar-refractivity contribution in [1.29, 1.82) is 0 Å². The summed E-state index contributed by atoms with van der Waals surface area (Å²) in [5, 5.41) is 4.15. The standard InChI is InChI=1S/C26H26BrN3O2/c1-19-4-6-20(7-5-19)18-32-25-13-10-23(27)16-22(25)17-28-29-26(31)21-8-11-24(12-9-21)30-14-2-3-15-30/h4-13,16-17H,2-3,14-15,18H2,1H3,(H,29,31)/b28-17-. The Morgan fingerprint density at radius 1 is 1.06 bits per heavy atom. The maximum atomic E-state index is 12.5. The van der Waals surface area contributed by atoms with Crippen molar-refractivity contribution in [2.24, 2.45) is 5.10 Å². The molecular weight excluding hydrogens is 466 g/mol. The molecule has 0 aromatic heterocycles. The molecular formula is C26H26BrN3O2. The van der Waals surface area contributed by atoms with Gasteiger partial charge in [0.25, 0.3) is 5.91 Å². The number of benzene rings is 3. The maximum Gasteiger partial charge on any atom is 0.271 e. The molecule has 5 nitrogen and oxygen atoms in total. The van der Waals surface area contributed by atoms with Gasteiger partial charge < -0.3 is 9.64 Å². The van der Waals surface area contributed by atoms with Gasteiger partial charge in [-0.2, -0.15) is 5.10 Å². The van der Waals surface area contributed by atoms with Gasteiger partial charge in [0.05, 0.1) is 6.21 Å². The molecule has 0 radical (unpaired) electrons. The first-order valence-electron chi connectivity index (χ1n) is 10.7. The Hall–Kier alpha value is -3.12. The van der Waals surface area contributed by atoms with Crippen molar-refractivity contribution < 1.29 is 9.53 Å². The zero-order valence-corrected chi connectivity index (χ0v) is 19.6. The summed E-state index contributed by atoms with van der Waals surface area (Å²) in [6, 6.07) is 21.6. The summed E-state index contributed by atoms with van der Waals surface area (Å²) in [5.74, 6) is 0.452. The number of ether oxygens (including phenoxy) is 1. The van der Waals surface area contributed by atoms with Crippen molar-refractivity contribution in [2.45, 2.75) is 26.4 Å². The number of hydrazone groups is 1. The molecule has 4 rings (SSSR count). The Balaban J connectivity index is 1.38. The van der Waals surface area contributed by atoms with Gasteiger partial charge in [-0.3, -0.25) is 4.79 Å². The molecule has 0 atom stereocenters. The van der Waals surface area contributed by atoms with E-state index in [1.54, 1.807) is 6.21 Å². The average Bonchev–Trinajstić information content (AvgIpc) is 3.35. The number of carbonyl (C=O) groups excluding carboxylic acids is 1. The van der Waals surface area contributed by atoms with Crippen LogP contribution in [0.1, 0.15) is 39.9 Å². The first-order valence-corrected chi connectivity index (χ1v) is 11.5. The first kappa shape index (κ1) is 22.1. The quantitative estimate of drug-likeness (QED) is 0.340. The summed E-state index contributed by atoms with van der Waals surface area (Å²) in [4.78, 5) is 14.8. The molecule has 6 heteroatoms. The molecule has 1 aliphatic heterocycles. The van der Waals surface area contributed by atoms with Crippen molar-refractivity contribution in [1.82, 2.24) is 5.43 Å². The van der Waals surface area contributed by atoms with Crippen LogP contribution in [0.5, 0.6) is 5.75 Å². The zero-order valence-electron chi connectivity index (χ0n) is 18.1. The van der Waals surface area contributed by atoms with Gasteiger partial charge in [-0.1, -0.05) is 45.8 Å². The molecule has 1 saturated heterocycles. The van der Waals surface area contributed by atoms with Crippen molar-refractivity contribution >= 4 is 33.7 Å². The van der Waals surface area contributed by atoms with Crippen LogP contribution < -0.4 is 15.1 Å². The molecule has 0 unspecified atom stereocenters. The van der Waals surface area contributed by atoms with Crippen molar-refractivity contribution in [3.8, 4) is 5.75 Å². The Morgan fingerprint density at radius 3 is 2.50 bits per heavy atom. The maximum absolute atomic E-state index is 12.5. The smallest absolute Gasteiger partial charge is 0.271 e. The molecule has 0 spiro atoms. The number of rotatable bonds is 7. The summed E-state index contributed by atoms with van der Waals surface area (Å²) in [5.41, 5.74) is 7.43. The highest BCUT2D eigenvalue weighted by Gasteiger charge is 2.13. The molecule has 0 saturated carbocycles. The minimum absolute atomic E-state index is 0.244. The fourth-order valence-corrected chi connectivity index (χ4v) is 4.00. The van der Waals surface area contributed by atoms with Gasteiger partial charge in [-0.05, 0) is 67.8 Å². The normalized spacial score (nSPS) is 13.5. The summed E-state index contributed by atoms with van der Waals surface area (Å²) < 4.78 is 6.90. The lowest BCUT2D eigenvalue weighted by atomic mass is 10.1. The van der Waals surface area contributed by atoms with E-state index in [4.69, 9.17) is 4.74 Å². The van der Waals surface area contributed by atoms with Crippen LogP contribution in [0.3, 0.4) is 0 Å². The fraction of sp³-hybridized carbons (Fsp3) is 0.231. The van der Waals surface area contributed by atoms with E-state index >= 15 is 0 Å². The van der Waals surface area contributed by atoms with Crippen LogP contribution in [0.15, 0.2) is 76.3 Å². The highest BCUT2D eigenvalue weighted by molar-refractivity contribution is 9.10. The van der Waals surface area contributed by atoms with Crippen LogP contribution in [0.25, 0.3) is 0 Å². The lowest BCUT2D eigenvalue weighted by molar-refractivity contribution is 0.0955. The largest absolute Gasteiger partial charge is 0.488 e. The van der Waals surface area contributed by atoms with E-state index in [0.29, 0.717) is 17.9 Å². The molecule has 32 heavy (non-hydrogen) atoms. The Bertz CT molecular complexity index is 1090. The van der Waals surface area contributed by atoms with Crippen molar-refractivity contribution in [3.05, 3.63) is 93.5 Å². The lowest BCUT2D eigenvalue weighted by Crippen LogP contribution is -2.19. The number of aryl methyl sites for hydroxylation is 1. The predicted octanol–water partition coefficient (Wildman–Crippen LogP) is 5.70. The van der Waals surface area contributed by atoms with Crippen LogP contribution in [-0.4, -0.2) is 25.2 Å². The number of hydrogen-bond donors (Lipinski definition) is 1. The molecule has 3 aromatic carbocycles. The summed E-state index contributed by atoms with van der Waals surface area (Å²) in [7, 11) is 0. The van der Waals surface area contributed by atoms with Crippen LogP contribution >= 0.6 is 15.9 Å². The molecule has 0 aliphatic carbocycles.